The number of carbonyl (C=O) groups excluding carboxylic acids is 1. The van der Waals surface area contributed by atoms with Crippen molar-refractivity contribution in [3.05, 3.63) is 98.9 Å². The predicted octanol–water partition coefficient (Wildman–Crippen LogP) is 4.16. The molecule has 216 valence electrons. The fourth-order valence-electron chi connectivity index (χ4n) is 4.91. The van der Waals surface area contributed by atoms with Gasteiger partial charge in [0.1, 0.15) is 11.7 Å². The van der Waals surface area contributed by atoms with Crippen LogP contribution in [0.4, 0.5) is 11.4 Å². The van der Waals surface area contributed by atoms with E-state index in [0.717, 1.165) is 33.7 Å². The van der Waals surface area contributed by atoms with Crippen LogP contribution < -0.4 is 16.1 Å². The van der Waals surface area contributed by atoms with Crippen molar-refractivity contribution in [1.29, 1.82) is 5.41 Å². The summed E-state index contributed by atoms with van der Waals surface area (Å²) in [5, 5.41) is 20.4. The van der Waals surface area contributed by atoms with Gasteiger partial charge in [-0.1, -0.05) is 24.3 Å². The molecule has 5 rings (SSSR count). The number of amides is 1. The summed E-state index contributed by atoms with van der Waals surface area (Å²) >= 11 is 0. The molecule has 0 unspecified atom stereocenters. The number of halogens is 2. The molecule has 5 N–H and O–H groups in total. The molecule has 0 saturated carbocycles. The molecule has 11 nitrogen and oxygen atoms in total. The highest BCUT2D eigenvalue weighted by atomic mass is 35.5. The fraction of sp³-hybridized carbons (Fsp3) is 0.250. The molecule has 41 heavy (non-hydrogen) atoms. The highest BCUT2D eigenvalue weighted by Crippen LogP contribution is 2.24. The quantitative estimate of drug-likeness (QED) is 0.103. The number of amidine groups is 1. The number of nitrogens with one attached hydrogen (secondary N) is 3. The van der Waals surface area contributed by atoms with E-state index in [1.54, 1.807) is 12.1 Å². The number of anilines is 1. The van der Waals surface area contributed by atoms with Crippen LogP contribution in [-0.2, 0) is 12.8 Å². The number of non-ortho nitro benzene ring substituents is 1. The number of rotatable bonds is 8. The number of nitro benzene ring substituents is 1. The zero-order chi connectivity index (χ0) is 27.5. The van der Waals surface area contributed by atoms with Crippen molar-refractivity contribution in [2.24, 2.45) is 5.73 Å². The summed E-state index contributed by atoms with van der Waals surface area (Å²) in [4.78, 5) is 34.1. The largest absolute Gasteiger partial charge is 0.384 e. The lowest BCUT2D eigenvalue weighted by Gasteiger charge is -2.36. The van der Waals surface area contributed by atoms with Gasteiger partial charge < -0.3 is 15.6 Å². The van der Waals surface area contributed by atoms with E-state index in [1.807, 2.05) is 48.3 Å². The first kappa shape index (κ1) is 31.3. The van der Waals surface area contributed by atoms with Gasteiger partial charge in [0.15, 0.2) is 0 Å². The van der Waals surface area contributed by atoms with Gasteiger partial charge in [-0.2, -0.15) is 0 Å². The minimum absolute atomic E-state index is 0. The maximum atomic E-state index is 13.5. The van der Waals surface area contributed by atoms with E-state index in [4.69, 9.17) is 11.1 Å². The molecule has 4 aromatic rings. The maximum absolute atomic E-state index is 13.5. The van der Waals surface area contributed by atoms with Crippen molar-refractivity contribution in [3.63, 3.8) is 0 Å². The van der Waals surface area contributed by atoms with Crippen LogP contribution in [0.5, 0.6) is 0 Å². The molecule has 1 amide bonds. The number of piperazine rings is 1. The van der Waals surface area contributed by atoms with Crippen LogP contribution in [0, 0.1) is 22.4 Å². The fourth-order valence-corrected chi connectivity index (χ4v) is 4.91. The molecule has 0 atom stereocenters. The molecule has 0 bridgehead atoms. The number of aromatic nitrogens is 2. The first-order valence-electron chi connectivity index (χ1n) is 12.8. The first-order chi connectivity index (χ1) is 18.8. The van der Waals surface area contributed by atoms with Crippen LogP contribution in [0.3, 0.4) is 0 Å². The van der Waals surface area contributed by atoms with Gasteiger partial charge in [-0.25, -0.2) is 9.99 Å². The third-order valence-electron chi connectivity index (χ3n) is 7.02. The molecule has 1 aliphatic heterocycles. The number of hydrogen-bond donors (Lipinski definition) is 4. The molecule has 3 aromatic carbocycles. The summed E-state index contributed by atoms with van der Waals surface area (Å²) in [6.07, 6.45) is 1.33. The molecule has 0 radical (unpaired) electrons. The summed E-state index contributed by atoms with van der Waals surface area (Å²) in [6, 6.07) is 17.8. The molecular weight excluding hydrogens is 567 g/mol. The van der Waals surface area contributed by atoms with Crippen molar-refractivity contribution in [2.45, 2.75) is 19.8 Å². The van der Waals surface area contributed by atoms with Crippen molar-refractivity contribution >= 4 is 59.0 Å². The van der Waals surface area contributed by atoms with E-state index in [-0.39, 0.29) is 42.2 Å². The van der Waals surface area contributed by atoms with Crippen molar-refractivity contribution in [2.75, 3.05) is 31.1 Å². The van der Waals surface area contributed by atoms with Crippen molar-refractivity contribution < 1.29 is 9.72 Å². The number of nitro groups is 1. The summed E-state index contributed by atoms with van der Waals surface area (Å²) in [6.45, 7) is 4.49. The number of aromatic amines is 1. The highest BCUT2D eigenvalue weighted by Gasteiger charge is 2.22. The van der Waals surface area contributed by atoms with Crippen LogP contribution in [0.2, 0.25) is 0 Å². The van der Waals surface area contributed by atoms with E-state index < -0.39 is 4.92 Å². The van der Waals surface area contributed by atoms with E-state index >= 15 is 0 Å². The lowest BCUT2D eigenvalue weighted by Crippen LogP contribution is -2.53. The van der Waals surface area contributed by atoms with Gasteiger partial charge in [-0.05, 0) is 55.2 Å². The summed E-state index contributed by atoms with van der Waals surface area (Å²) in [5.74, 6) is 0.645. The van der Waals surface area contributed by atoms with Gasteiger partial charge in [0.2, 0.25) is 0 Å². The number of H-pyrrole nitrogens is 1. The summed E-state index contributed by atoms with van der Waals surface area (Å²) in [5.41, 5.74) is 14.5. The number of nitrogens with zero attached hydrogens (tertiary/aromatic N) is 4. The SMILES string of the molecule is Cc1nc2c(CCc3ccc(C(=N)N)cc3)c(C(=O)NN3CCN(c4ccc([N+](=O)[O-])cc4)CC3)ccc2[nH]1.Cl.Cl. The molecule has 1 fully saturated rings. The lowest BCUT2D eigenvalue weighted by molar-refractivity contribution is -0.384. The van der Waals surface area contributed by atoms with Crippen LogP contribution in [0.15, 0.2) is 60.7 Å². The molecule has 1 saturated heterocycles. The Balaban J connectivity index is 0.00000231. The van der Waals surface area contributed by atoms with Gasteiger partial charge in [-0.15, -0.1) is 24.8 Å². The zero-order valence-electron chi connectivity index (χ0n) is 22.4. The lowest BCUT2D eigenvalue weighted by atomic mass is 9.97. The Morgan fingerprint density at radius 3 is 2.29 bits per heavy atom. The molecule has 1 aromatic heterocycles. The number of carbonyl (C=O) groups is 1. The third kappa shape index (κ3) is 7.12. The Labute approximate surface area is 249 Å². The second kappa shape index (κ2) is 13.4. The van der Waals surface area contributed by atoms with E-state index in [0.29, 0.717) is 50.1 Å². The number of hydrogen-bond acceptors (Lipinski definition) is 7. The highest BCUT2D eigenvalue weighted by molar-refractivity contribution is 6.00. The Bertz CT molecular complexity index is 1530. The van der Waals surface area contributed by atoms with Crippen LogP contribution in [-0.4, -0.2) is 57.8 Å². The Morgan fingerprint density at radius 1 is 1.02 bits per heavy atom. The first-order valence-corrected chi connectivity index (χ1v) is 12.8. The maximum Gasteiger partial charge on any atom is 0.269 e. The second-order valence-electron chi connectivity index (χ2n) is 9.61. The van der Waals surface area contributed by atoms with E-state index in [2.05, 4.69) is 20.3 Å². The molecule has 2 heterocycles. The monoisotopic (exact) mass is 598 g/mol. The van der Waals surface area contributed by atoms with Crippen molar-refractivity contribution in [1.82, 2.24) is 20.4 Å². The Hall–Kier alpha value is -4.19. The zero-order valence-corrected chi connectivity index (χ0v) is 24.1. The van der Waals surface area contributed by atoms with Crippen LogP contribution in [0.25, 0.3) is 11.0 Å². The smallest absolute Gasteiger partial charge is 0.269 e. The van der Waals surface area contributed by atoms with Crippen LogP contribution in [0.1, 0.15) is 32.9 Å². The molecule has 0 aliphatic carbocycles. The Kier molecular flexibility index (Phi) is 10.3. The van der Waals surface area contributed by atoms with Crippen LogP contribution >= 0.6 is 24.8 Å². The molecule has 13 heteroatoms. The van der Waals surface area contributed by atoms with Gasteiger partial charge in [0, 0.05) is 55.1 Å². The normalized spacial score (nSPS) is 13.2. The van der Waals surface area contributed by atoms with E-state index in [1.165, 1.54) is 12.1 Å². The van der Waals surface area contributed by atoms with Gasteiger partial charge in [0.05, 0.1) is 16.0 Å². The number of nitrogen functional groups attached to an aromatic ring is 1. The molecule has 0 spiro atoms. The van der Waals surface area contributed by atoms with Gasteiger partial charge >= 0.3 is 0 Å². The third-order valence-corrected chi connectivity index (χ3v) is 7.02. The minimum atomic E-state index is -0.405. The van der Waals surface area contributed by atoms with Gasteiger partial charge in [0.25, 0.3) is 11.6 Å². The predicted molar refractivity (Wildman–Crippen MR) is 165 cm³/mol. The standard InChI is InChI=1S/C28H30N8O3.2ClH/c1-18-31-25-13-12-24(23(26(25)32-18)11-4-19-2-5-20(6-3-19)27(29)30)28(37)33-35-16-14-34(15-17-35)21-7-9-22(10-8-21)36(38)39;;/h2-3,5-10,12-13H,4,11,14-17H2,1H3,(H3,29,30)(H,31,32)(H,33,37);2*1H. The average Bonchev–Trinajstić information content (AvgIpc) is 3.32. The average molecular weight is 600 g/mol. The Morgan fingerprint density at radius 2 is 1.68 bits per heavy atom. The number of hydrazine groups is 1. The van der Waals surface area contributed by atoms with E-state index in [9.17, 15) is 14.9 Å². The number of benzene rings is 3. The minimum Gasteiger partial charge on any atom is -0.384 e. The van der Waals surface area contributed by atoms with Crippen molar-refractivity contribution in [3.8, 4) is 0 Å². The number of fused-ring (bicyclic) bond motifs is 1. The second-order valence-corrected chi connectivity index (χ2v) is 9.61. The number of nitrogens with two attached hydrogens (primary N) is 1. The van der Waals surface area contributed by atoms with Gasteiger partial charge in [-0.3, -0.25) is 25.7 Å². The number of imidazole rings is 1. The number of aryl methyl sites for hydroxylation is 3. The summed E-state index contributed by atoms with van der Waals surface area (Å²) in [7, 11) is 0. The molecule has 1 aliphatic rings. The summed E-state index contributed by atoms with van der Waals surface area (Å²) < 4.78 is 0. The molecular formula is C28H32Cl2N8O3. The topological polar surface area (TPSA) is 157 Å².